The van der Waals surface area contributed by atoms with Crippen LogP contribution >= 0.6 is 11.6 Å². The zero-order chi connectivity index (χ0) is 11.6. The zero-order valence-corrected chi connectivity index (χ0v) is 10.1. The van der Waals surface area contributed by atoms with Crippen LogP contribution in [0.4, 0.5) is 5.95 Å². The molecule has 4 heteroatoms. The molecule has 2 N–H and O–H groups in total. The first-order valence-electron chi connectivity index (χ1n) is 4.79. The number of halogens is 1. The van der Waals surface area contributed by atoms with E-state index in [4.69, 9.17) is 17.3 Å². The van der Waals surface area contributed by atoms with Crippen LogP contribution in [0.3, 0.4) is 0 Å². The number of hydrogen-bond donors (Lipinski definition) is 1. The minimum atomic E-state index is -0.0982. The summed E-state index contributed by atoms with van der Waals surface area (Å²) in [7, 11) is 0. The van der Waals surface area contributed by atoms with Crippen molar-refractivity contribution in [3.05, 3.63) is 29.1 Å². The monoisotopic (exact) mass is 225 g/mol. The van der Waals surface area contributed by atoms with E-state index in [1.807, 2.05) is 0 Å². The molecule has 0 spiro atoms. The molecule has 0 amide bonds. The first-order chi connectivity index (χ1) is 6.86. The number of hydrogen-bond acceptors (Lipinski definition) is 3. The number of nitrogen functional groups attached to an aromatic ring is 1. The molecule has 0 bridgehead atoms. The van der Waals surface area contributed by atoms with Gasteiger partial charge in [0.2, 0.25) is 5.95 Å². The van der Waals surface area contributed by atoms with Gasteiger partial charge in [-0.05, 0) is 6.42 Å². The summed E-state index contributed by atoms with van der Waals surface area (Å²) >= 11 is 6.04. The van der Waals surface area contributed by atoms with Gasteiger partial charge in [0.1, 0.15) is 5.15 Å². The normalized spacial score (nSPS) is 11.5. The third-order valence-corrected chi connectivity index (χ3v) is 2.35. The number of rotatable bonds is 2. The van der Waals surface area contributed by atoms with Crippen LogP contribution < -0.4 is 5.73 Å². The molecule has 1 rings (SSSR count). The van der Waals surface area contributed by atoms with Gasteiger partial charge in [0, 0.05) is 11.0 Å². The molecule has 0 fully saturated rings. The second kappa shape index (κ2) is 4.19. The lowest BCUT2D eigenvalue weighted by molar-refractivity contribution is 0.561. The number of nitrogens with zero attached hydrogens (tertiary/aromatic N) is 2. The van der Waals surface area contributed by atoms with E-state index in [1.165, 1.54) is 0 Å². The molecular weight excluding hydrogens is 210 g/mol. The van der Waals surface area contributed by atoms with E-state index in [-0.39, 0.29) is 11.4 Å². The van der Waals surface area contributed by atoms with E-state index in [0.717, 1.165) is 11.3 Å². The summed E-state index contributed by atoms with van der Waals surface area (Å²) < 4.78 is 0. The molecule has 1 heterocycles. The second-order valence-corrected chi connectivity index (χ2v) is 4.80. The highest BCUT2D eigenvalue weighted by Gasteiger charge is 2.22. The summed E-state index contributed by atoms with van der Waals surface area (Å²) in [6.07, 6.45) is 2.45. The van der Waals surface area contributed by atoms with Crippen molar-refractivity contribution in [2.75, 3.05) is 5.73 Å². The Kier molecular flexibility index (Phi) is 3.35. The molecule has 0 aliphatic rings. The summed E-state index contributed by atoms with van der Waals surface area (Å²) in [6, 6.07) is 0. The van der Waals surface area contributed by atoms with Gasteiger partial charge in [-0.1, -0.05) is 38.4 Å². The van der Waals surface area contributed by atoms with Crippen molar-refractivity contribution in [2.45, 2.75) is 32.6 Å². The van der Waals surface area contributed by atoms with Crippen molar-refractivity contribution in [2.24, 2.45) is 0 Å². The lowest BCUT2D eigenvalue weighted by atomic mass is 9.88. The second-order valence-electron chi connectivity index (χ2n) is 4.44. The third kappa shape index (κ3) is 2.69. The van der Waals surface area contributed by atoms with Gasteiger partial charge in [-0.15, -0.1) is 6.58 Å². The molecule has 0 atom stereocenters. The summed E-state index contributed by atoms with van der Waals surface area (Å²) in [4.78, 5) is 8.21. The fourth-order valence-corrected chi connectivity index (χ4v) is 1.67. The van der Waals surface area contributed by atoms with Crippen LogP contribution in [-0.4, -0.2) is 9.97 Å². The molecule has 0 saturated heterocycles. The Bertz CT molecular complexity index is 380. The smallest absolute Gasteiger partial charge is 0.221 e. The van der Waals surface area contributed by atoms with Gasteiger partial charge in [0.05, 0.1) is 5.69 Å². The predicted octanol–water partition coefficient (Wildman–Crippen LogP) is 2.74. The average Bonchev–Trinajstić information content (AvgIpc) is 2.07. The van der Waals surface area contributed by atoms with E-state index in [1.54, 1.807) is 6.08 Å². The molecule has 0 saturated carbocycles. The minimum Gasteiger partial charge on any atom is -0.368 e. The van der Waals surface area contributed by atoms with Crippen LogP contribution in [0.1, 0.15) is 32.0 Å². The molecule has 0 aromatic carbocycles. The summed E-state index contributed by atoms with van der Waals surface area (Å²) in [5.41, 5.74) is 7.29. The molecule has 15 heavy (non-hydrogen) atoms. The predicted molar refractivity (Wildman–Crippen MR) is 64.1 cm³/mol. The molecular formula is C11H16ClN3. The van der Waals surface area contributed by atoms with Crippen LogP contribution in [0.2, 0.25) is 5.15 Å². The van der Waals surface area contributed by atoms with Crippen LogP contribution in [-0.2, 0) is 11.8 Å². The van der Waals surface area contributed by atoms with Crippen molar-refractivity contribution >= 4 is 17.5 Å². The number of anilines is 1. The van der Waals surface area contributed by atoms with Crippen LogP contribution in [0.5, 0.6) is 0 Å². The van der Waals surface area contributed by atoms with Gasteiger partial charge in [-0.2, -0.15) is 0 Å². The minimum absolute atomic E-state index is 0.0982. The first-order valence-corrected chi connectivity index (χ1v) is 5.17. The Morgan fingerprint density at radius 1 is 1.40 bits per heavy atom. The third-order valence-electron chi connectivity index (χ3n) is 2.03. The largest absolute Gasteiger partial charge is 0.368 e. The highest BCUT2D eigenvalue weighted by atomic mass is 35.5. The van der Waals surface area contributed by atoms with E-state index in [2.05, 4.69) is 37.3 Å². The Morgan fingerprint density at radius 2 is 2.00 bits per heavy atom. The maximum atomic E-state index is 6.04. The summed E-state index contributed by atoms with van der Waals surface area (Å²) in [5.74, 6) is 0.220. The summed E-state index contributed by atoms with van der Waals surface area (Å²) in [5, 5.41) is 0.423. The molecule has 1 aromatic heterocycles. The zero-order valence-electron chi connectivity index (χ0n) is 9.34. The highest BCUT2D eigenvalue weighted by Crippen LogP contribution is 2.28. The van der Waals surface area contributed by atoms with E-state index in [0.29, 0.717) is 11.6 Å². The van der Waals surface area contributed by atoms with Crippen LogP contribution in [0.15, 0.2) is 12.7 Å². The van der Waals surface area contributed by atoms with Crippen molar-refractivity contribution < 1.29 is 0 Å². The lowest BCUT2D eigenvalue weighted by Crippen LogP contribution is -2.18. The Morgan fingerprint density at radius 3 is 2.47 bits per heavy atom. The van der Waals surface area contributed by atoms with Gasteiger partial charge in [-0.3, -0.25) is 0 Å². The van der Waals surface area contributed by atoms with Crippen molar-refractivity contribution in [3.63, 3.8) is 0 Å². The topological polar surface area (TPSA) is 51.8 Å². The van der Waals surface area contributed by atoms with E-state index >= 15 is 0 Å². The van der Waals surface area contributed by atoms with Gasteiger partial charge < -0.3 is 5.73 Å². The molecule has 82 valence electrons. The maximum Gasteiger partial charge on any atom is 0.221 e. The van der Waals surface area contributed by atoms with Crippen LogP contribution in [0.25, 0.3) is 0 Å². The van der Waals surface area contributed by atoms with Gasteiger partial charge in [0.25, 0.3) is 0 Å². The van der Waals surface area contributed by atoms with E-state index < -0.39 is 0 Å². The highest BCUT2D eigenvalue weighted by molar-refractivity contribution is 6.30. The molecule has 1 aromatic rings. The van der Waals surface area contributed by atoms with Crippen molar-refractivity contribution in [1.29, 1.82) is 0 Å². The first kappa shape index (κ1) is 12.0. The molecule has 0 aliphatic carbocycles. The fourth-order valence-electron chi connectivity index (χ4n) is 1.42. The van der Waals surface area contributed by atoms with Crippen molar-refractivity contribution in [1.82, 2.24) is 9.97 Å². The number of nitrogens with two attached hydrogens (primary N) is 1. The van der Waals surface area contributed by atoms with Gasteiger partial charge in [0.15, 0.2) is 0 Å². The molecule has 0 radical (unpaired) electrons. The molecule has 0 unspecified atom stereocenters. The van der Waals surface area contributed by atoms with E-state index in [9.17, 15) is 0 Å². The van der Waals surface area contributed by atoms with Gasteiger partial charge in [-0.25, -0.2) is 9.97 Å². The fraction of sp³-hybridized carbons (Fsp3) is 0.455. The Balaban J connectivity index is 3.39. The van der Waals surface area contributed by atoms with Gasteiger partial charge >= 0.3 is 0 Å². The van der Waals surface area contributed by atoms with Crippen molar-refractivity contribution in [3.8, 4) is 0 Å². The standard InChI is InChI=1S/C11H16ClN3/c1-5-6-7-8(11(2,3)4)14-10(13)15-9(7)12/h5H,1,6H2,2-4H3,(H2,13,14,15). The number of aromatic nitrogens is 2. The quantitative estimate of drug-likeness (QED) is 0.622. The Labute approximate surface area is 95.4 Å². The van der Waals surface area contributed by atoms with Crippen LogP contribution in [0, 0.1) is 0 Å². The molecule has 3 nitrogen and oxygen atoms in total. The molecule has 0 aliphatic heterocycles. The lowest BCUT2D eigenvalue weighted by Gasteiger charge is -2.21. The Hall–Kier alpha value is -1.09. The SMILES string of the molecule is C=CCc1c(Cl)nc(N)nc1C(C)(C)C. The maximum absolute atomic E-state index is 6.04. The number of allylic oxidation sites excluding steroid dienone is 1. The average molecular weight is 226 g/mol. The summed E-state index contributed by atoms with van der Waals surface area (Å²) in [6.45, 7) is 9.90.